The van der Waals surface area contributed by atoms with Gasteiger partial charge in [-0.3, -0.25) is 19.5 Å². The smallest absolute Gasteiger partial charge is 0.233 e. The van der Waals surface area contributed by atoms with Gasteiger partial charge in [0.25, 0.3) is 0 Å². The van der Waals surface area contributed by atoms with Crippen LogP contribution in [0.1, 0.15) is 12.8 Å². The van der Waals surface area contributed by atoms with Crippen molar-refractivity contribution >= 4 is 17.8 Å². The van der Waals surface area contributed by atoms with Gasteiger partial charge in [-0.05, 0) is 24.7 Å². The molecule has 0 spiro atoms. The largest absolute Gasteiger partial charge is 0.356 e. The number of nitrogens with zero attached hydrogens (tertiary/aromatic N) is 4. The minimum Gasteiger partial charge on any atom is -0.356 e. The third kappa shape index (κ3) is 3.36. The molecule has 144 valence electrons. The van der Waals surface area contributed by atoms with E-state index in [0.29, 0.717) is 19.0 Å². The number of aromatic nitrogens is 2. The van der Waals surface area contributed by atoms with Crippen molar-refractivity contribution in [2.24, 2.45) is 28.7 Å². The number of aliphatic imine (C=N–C) groups is 1. The van der Waals surface area contributed by atoms with E-state index in [1.54, 1.807) is 19.6 Å². The lowest BCUT2D eigenvalue weighted by molar-refractivity contribution is -0.140. The van der Waals surface area contributed by atoms with E-state index >= 15 is 0 Å². The van der Waals surface area contributed by atoms with Gasteiger partial charge in [-0.1, -0.05) is 12.2 Å². The number of imidazole rings is 1. The first kappa shape index (κ1) is 17.8. The van der Waals surface area contributed by atoms with Crippen LogP contribution in [0.3, 0.4) is 0 Å². The van der Waals surface area contributed by atoms with Crippen LogP contribution < -0.4 is 10.6 Å². The number of aryl methyl sites for hydroxylation is 1. The van der Waals surface area contributed by atoms with Crippen molar-refractivity contribution in [3.05, 3.63) is 30.9 Å². The Morgan fingerprint density at radius 3 is 2.48 bits per heavy atom. The van der Waals surface area contributed by atoms with E-state index in [2.05, 4.69) is 32.8 Å². The van der Waals surface area contributed by atoms with E-state index in [1.165, 1.54) is 4.90 Å². The molecule has 27 heavy (non-hydrogen) atoms. The summed E-state index contributed by atoms with van der Waals surface area (Å²) in [6.07, 6.45) is 11.7. The standard InChI is InChI=1S/C19H26N6O2/c1-20-19(22-5-2-8-24-9-6-21-12-24)23-7-10-25-17(26)15-13-3-4-14(11-13)16(15)18(25)27/h3-4,6,9,12-16H,2,5,7-8,10-11H2,1H3,(H2,20,22,23). The fourth-order valence-electron chi connectivity index (χ4n) is 4.58. The minimum absolute atomic E-state index is 0.00642. The van der Waals surface area contributed by atoms with Crippen LogP contribution in [0.5, 0.6) is 0 Å². The SMILES string of the molecule is CN=C(NCCCn1ccnc1)NCCN1C(=O)C2C3C=CC(C3)C2C1=O. The number of guanidine groups is 1. The Labute approximate surface area is 158 Å². The van der Waals surface area contributed by atoms with Gasteiger partial charge in [0.15, 0.2) is 5.96 Å². The number of likely N-dealkylation sites (tertiary alicyclic amines) is 1. The second-order valence-electron chi connectivity index (χ2n) is 7.41. The first-order chi connectivity index (χ1) is 13.2. The zero-order chi connectivity index (χ0) is 18.8. The summed E-state index contributed by atoms with van der Waals surface area (Å²) in [5, 5.41) is 6.44. The van der Waals surface area contributed by atoms with Gasteiger partial charge in [-0.2, -0.15) is 0 Å². The Morgan fingerprint density at radius 2 is 1.85 bits per heavy atom. The lowest BCUT2D eigenvalue weighted by Gasteiger charge is -2.18. The fourth-order valence-corrected chi connectivity index (χ4v) is 4.58. The summed E-state index contributed by atoms with van der Waals surface area (Å²) in [7, 11) is 1.71. The lowest BCUT2D eigenvalue weighted by Crippen LogP contribution is -2.44. The molecule has 2 bridgehead atoms. The van der Waals surface area contributed by atoms with Crippen molar-refractivity contribution in [3.8, 4) is 0 Å². The highest BCUT2D eigenvalue weighted by Gasteiger charge is 2.58. The molecule has 1 aromatic rings. The predicted octanol–water partition coefficient (Wildman–Crippen LogP) is 0.245. The summed E-state index contributed by atoms with van der Waals surface area (Å²) in [6, 6.07) is 0. The van der Waals surface area contributed by atoms with E-state index in [9.17, 15) is 9.59 Å². The number of rotatable bonds is 7. The summed E-state index contributed by atoms with van der Waals surface area (Å²) in [6.45, 7) is 2.55. The molecule has 2 amide bonds. The Morgan fingerprint density at radius 1 is 1.15 bits per heavy atom. The molecule has 1 saturated carbocycles. The molecule has 8 heteroatoms. The van der Waals surface area contributed by atoms with Crippen molar-refractivity contribution in [1.29, 1.82) is 0 Å². The third-order valence-corrected chi connectivity index (χ3v) is 5.86. The molecule has 0 aromatic carbocycles. The zero-order valence-electron chi connectivity index (χ0n) is 15.5. The number of fused-ring (bicyclic) bond motifs is 5. The highest BCUT2D eigenvalue weighted by Crippen LogP contribution is 2.52. The van der Waals surface area contributed by atoms with Gasteiger partial charge >= 0.3 is 0 Å². The van der Waals surface area contributed by atoms with E-state index in [-0.39, 0.29) is 35.5 Å². The topological polar surface area (TPSA) is 91.6 Å². The molecular weight excluding hydrogens is 344 g/mol. The second-order valence-corrected chi connectivity index (χ2v) is 7.41. The molecule has 3 aliphatic rings. The van der Waals surface area contributed by atoms with Gasteiger partial charge < -0.3 is 15.2 Å². The van der Waals surface area contributed by atoms with Gasteiger partial charge in [0.1, 0.15) is 0 Å². The molecule has 8 nitrogen and oxygen atoms in total. The number of carbonyl (C=O) groups excluding carboxylic acids is 2. The molecule has 4 unspecified atom stereocenters. The van der Waals surface area contributed by atoms with Crippen LogP contribution >= 0.6 is 0 Å². The van der Waals surface area contributed by atoms with E-state index in [0.717, 1.165) is 25.9 Å². The average molecular weight is 370 g/mol. The monoisotopic (exact) mass is 370 g/mol. The van der Waals surface area contributed by atoms with Crippen LogP contribution in [0.15, 0.2) is 35.9 Å². The molecule has 2 aliphatic carbocycles. The second kappa shape index (κ2) is 7.54. The molecule has 4 atom stereocenters. The van der Waals surface area contributed by atoms with Gasteiger partial charge in [0.05, 0.1) is 18.2 Å². The van der Waals surface area contributed by atoms with Crippen LogP contribution in [-0.2, 0) is 16.1 Å². The quantitative estimate of drug-likeness (QED) is 0.236. The summed E-state index contributed by atoms with van der Waals surface area (Å²) in [4.78, 5) is 35.0. The number of hydrogen-bond donors (Lipinski definition) is 2. The highest BCUT2D eigenvalue weighted by molar-refractivity contribution is 6.06. The van der Waals surface area contributed by atoms with Crippen LogP contribution in [0, 0.1) is 23.7 Å². The minimum atomic E-state index is -0.117. The summed E-state index contributed by atoms with van der Waals surface area (Å²) >= 11 is 0. The maximum absolute atomic E-state index is 12.6. The Hall–Kier alpha value is -2.64. The Bertz CT molecular complexity index is 726. The summed E-state index contributed by atoms with van der Waals surface area (Å²) in [5.74, 6) is 0.986. The summed E-state index contributed by atoms with van der Waals surface area (Å²) in [5.41, 5.74) is 0. The third-order valence-electron chi connectivity index (χ3n) is 5.86. The number of hydrogen-bond acceptors (Lipinski definition) is 4. The first-order valence-corrected chi connectivity index (χ1v) is 9.63. The van der Waals surface area contributed by atoms with Crippen LogP contribution in [0.25, 0.3) is 0 Å². The maximum atomic E-state index is 12.6. The van der Waals surface area contributed by atoms with Gasteiger partial charge in [-0.25, -0.2) is 4.98 Å². The van der Waals surface area contributed by atoms with Crippen LogP contribution in [0.4, 0.5) is 0 Å². The van der Waals surface area contributed by atoms with E-state index in [1.807, 2.05) is 10.8 Å². The van der Waals surface area contributed by atoms with Gasteiger partial charge in [0.2, 0.25) is 11.8 Å². The summed E-state index contributed by atoms with van der Waals surface area (Å²) < 4.78 is 2.03. The van der Waals surface area contributed by atoms with Gasteiger partial charge in [0, 0.05) is 45.6 Å². The molecule has 2 N–H and O–H groups in total. The molecule has 2 fully saturated rings. The number of carbonyl (C=O) groups is 2. The molecule has 1 saturated heterocycles. The zero-order valence-corrected chi connectivity index (χ0v) is 15.5. The molecular formula is C19H26N6O2. The van der Waals surface area contributed by atoms with Crippen molar-refractivity contribution < 1.29 is 9.59 Å². The van der Waals surface area contributed by atoms with Crippen molar-refractivity contribution in [2.45, 2.75) is 19.4 Å². The number of imide groups is 1. The first-order valence-electron chi connectivity index (χ1n) is 9.63. The van der Waals surface area contributed by atoms with Crippen molar-refractivity contribution in [1.82, 2.24) is 25.1 Å². The predicted molar refractivity (Wildman–Crippen MR) is 101 cm³/mol. The van der Waals surface area contributed by atoms with Crippen LogP contribution in [-0.4, -0.2) is 58.9 Å². The number of amides is 2. The molecule has 1 aromatic heterocycles. The van der Waals surface area contributed by atoms with Crippen molar-refractivity contribution in [3.63, 3.8) is 0 Å². The van der Waals surface area contributed by atoms with Crippen LogP contribution in [0.2, 0.25) is 0 Å². The Kier molecular flexibility index (Phi) is 4.96. The molecule has 2 heterocycles. The Balaban J connectivity index is 1.20. The average Bonchev–Trinajstić information content (AvgIpc) is 3.44. The molecule has 0 radical (unpaired) electrons. The molecule has 4 rings (SSSR count). The van der Waals surface area contributed by atoms with Gasteiger partial charge in [-0.15, -0.1) is 0 Å². The highest BCUT2D eigenvalue weighted by atomic mass is 16.2. The lowest BCUT2D eigenvalue weighted by atomic mass is 9.85. The van der Waals surface area contributed by atoms with E-state index < -0.39 is 0 Å². The fraction of sp³-hybridized carbons (Fsp3) is 0.579. The molecule has 1 aliphatic heterocycles. The van der Waals surface area contributed by atoms with Crippen molar-refractivity contribution in [2.75, 3.05) is 26.7 Å². The van der Waals surface area contributed by atoms with E-state index in [4.69, 9.17) is 0 Å². The maximum Gasteiger partial charge on any atom is 0.233 e. The number of allylic oxidation sites excluding steroid dienone is 2. The number of nitrogens with one attached hydrogen (secondary N) is 2. The normalized spacial score (nSPS) is 28.9.